The van der Waals surface area contributed by atoms with E-state index in [1.807, 2.05) is 30.3 Å². The molecule has 1 saturated heterocycles. The first-order chi connectivity index (χ1) is 18.9. The number of carboxylic acid groups (broad SMARTS) is 1. The number of ketones is 1. The molecule has 0 spiro atoms. The van der Waals surface area contributed by atoms with Crippen molar-refractivity contribution >= 4 is 51.2 Å². The molecule has 0 saturated carbocycles. The standard InChI is InChI=1S/C30H21N3O6/c1-39-21-8-4-7-18(14-21)25-24(26(34)19-10-9-16-5-2-3-6-17(16)13-19)27(35)28(36)33(25)30-31-22-12-11-20(29(37)38)15-23(22)32-30/h2-15,25,34H,1H3,(H,31,32)(H,37,38)/b26-24+. The molecule has 39 heavy (non-hydrogen) atoms. The number of carbonyl (C=O) groups is 3. The molecule has 1 atom stereocenters. The number of imidazole rings is 1. The van der Waals surface area contributed by atoms with Gasteiger partial charge in [-0.3, -0.25) is 14.5 Å². The number of nitrogens with one attached hydrogen (secondary N) is 1. The third-order valence-corrected chi connectivity index (χ3v) is 6.82. The highest BCUT2D eigenvalue weighted by atomic mass is 16.5. The number of aliphatic hydroxyl groups excluding tert-OH is 1. The summed E-state index contributed by atoms with van der Waals surface area (Å²) in [6.45, 7) is 0. The molecule has 9 nitrogen and oxygen atoms in total. The lowest BCUT2D eigenvalue weighted by Crippen LogP contribution is -2.30. The van der Waals surface area contributed by atoms with Crippen LogP contribution >= 0.6 is 0 Å². The second kappa shape index (κ2) is 9.14. The van der Waals surface area contributed by atoms with Crippen LogP contribution in [0.5, 0.6) is 5.75 Å². The van der Waals surface area contributed by atoms with Crippen LogP contribution in [0, 0.1) is 0 Å². The number of rotatable bonds is 5. The van der Waals surface area contributed by atoms with Gasteiger partial charge in [-0.2, -0.15) is 0 Å². The van der Waals surface area contributed by atoms with Crippen LogP contribution in [-0.4, -0.2) is 45.0 Å². The number of aromatic nitrogens is 2. The van der Waals surface area contributed by atoms with Gasteiger partial charge in [0.15, 0.2) is 0 Å². The number of aliphatic hydroxyl groups is 1. The van der Waals surface area contributed by atoms with E-state index in [-0.39, 0.29) is 22.8 Å². The summed E-state index contributed by atoms with van der Waals surface area (Å²) in [5.74, 6) is -2.65. The van der Waals surface area contributed by atoms with Crippen molar-refractivity contribution in [2.24, 2.45) is 0 Å². The van der Waals surface area contributed by atoms with Gasteiger partial charge in [-0.1, -0.05) is 48.5 Å². The highest BCUT2D eigenvalue weighted by molar-refractivity contribution is 6.51. The van der Waals surface area contributed by atoms with Gasteiger partial charge in [0, 0.05) is 5.56 Å². The molecule has 2 heterocycles. The molecule has 9 heteroatoms. The zero-order chi connectivity index (χ0) is 27.3. The van der Waals surface area contributed by atoms with Crippen LogP contribution in [0.15, 0.2) is 90.5 Å². The molecule has 0 aliphatic carbocycles. The zero-order valence-corrected chi connectivity index (χ0v) is 20.6. The summed E-state index contributed by atoms with van der Waals surface area (Å²) in [7, 11) is 1.50. The monoisotopic (exact) mass is 519 g/mol. The van der Waals surface area contributed by atoms with Gasteiger partial charge in [-0.05, 0) is 52.7 Å². The number of aromatic amines is 1. The Kier molecular flexibility index (Phi) is 5.61. The molecule has 1 amide bonds. The second-order valence-electron chi connectivity index (χ2n) is 9.11. The predicted molar refractivity (Wildman–Crippen MR) is 145 cm³/mol. The Hall–Kier alpha value is -5.44. The van der Waals surface area contributed by atoms with Gasteiger partial charge in [0.2, 0.25) is 5.95 Å². The summed E-state index contributed by atoms with van der Waals surface area (Å²) in [4.78, 5) is 47.1. The maximum absolute atomic E-state index is 13.5. The molecular formula is C30H21N3O6. The summed E-state index contributed by atoms with van der Waals surface area (Å²) < 4.78 is 5.38. The van der Waals surface area contributed by atoms with E-state index in [9.17, 15) is 24.6 Å². The lowest BCUT2D eigenvalue weighted by molar-refractivity contribution is -0.132. The number of benzene rings is 4. The molecule has 1 unspecified atom stereocenters. The lowest BCUT2D eigenvalue weighted by atomic mass is 9.94. The van der Waals surface area contributed by atoms with E-state index in [0.717, 1.165) is 10.8 Å². The van der Waals surface area contributed by atoms with Gasteiger partial charge in [0.05, 0.1) is 35.3 Å². The Bertz CT molecular complexity index is 1850. The van der Waals surface area contributed by atoms with Gasteiger partial charge in [-0.25, -0.2) is 9.78 Å². The van der Waals surface area contributed by atoms with Gasteiger partial charge in [0.1, 0.15) is 11.5 Å². The minimum absolute atomic E-state index is 0.0417. The number of Topliss-reactive ketones (excluding diaryl/α,β-unsaturated/α-hetero) is 1. The van der Waals surface area contributed by atoms with Crippen molar-refractivity contribution in [2.45, 2.75) is 6.04 Å². The lowest BCUT2D eigenvalue weighted by Gasteiger charge is -2.23. The minimum atomic E-state index is -1.11. The molecule has 6 rings (SSSR count). The third kappa shape index (κ3) is 3.97. The van der Waals surface area contributed by atoms with Crippen LogP contribution in [-0.2, 0) is 9.59 Å². The predicted octanol–water partition coefficient (Wildman–Crippen LogP) is 5.05. The van der Waals surface area contributed by atoms with Crippen molar-refractivity contribution in [1.29, 1.82) is 0 Å². The van der Waals surface area contributed by atoms with E-state index in [1.165, 1.54) is 30.2 Å². The second-order valence-corrected chi connectivity index (χ2v) is 9.11. The Labute approximate surface area is 221 Å². The molecule has 1 aliphatic heterocycles. The van der Waals surface area contributed by atoms with Crippen molar-refractivity contribution in [3.8, 4) is 5.75 Å². The average molecular weight is 520 g/mol. The number of methoxy groups -OCH3 is 1. The van der Waals surface area contributed by atoms with E-state index in [4.69, 9.17) is 4.74 Å². The average Bonchev–Trinajstić information content (AvgIpc) is 3.49. The third-order valence-electron chi connectivity index (χ3n) is 6.82. The van der Waals surface area contributed by atoms with Crippen molar-refractivity contribution in [1.82, 2.24) is 9.97 Å². The summed E-state index contributed by atoms with van der Waals surface area (Å²) >= 11 is 0. The van der Waals surface area contributed by atoms with Crippen molar-refractivity contribution in [3.63, 3.8) is 0 Å². The topological polar surface area (TPSA) is 133 Å². The largest absolute Gasteiger partial charge is 0.507 e. The number of amides is 1. The highest BCUT2D eigenvalue weighted by Crippen LogP contribution is 2.42. The Morgan fingerprint density at radius 3 is 2.44 bits per heavy atom. The molecule has 0 radical (unpaired) electrons. The molecule has 4 aromatic carbocycles. The number of fused-ring (bicyclic) bond motifs is 2. The summed E-state index contributed by atoms with van der Waals surface area (Å²) in [6.07, 6.45) is 0. The van der Waals surface area contributed by atoms with Crippen LogP contribution in [0.3, 0.4) is 0 Å². The smallest absolute Gasteiger partial charge is 0.335 e. The number of carboxylic acids is 1. The van der Waals surface area contributed by atoms with Gasteiger partial charge >= 0.3 is 11.9 Å². The Balaban J connectivity index is 1.56. The molecule has 192 valence electrons. The van der Waals surface area contributed by atoms with Crippen LogP contribution < -0.4 is 9.64 Å². The molecule has 1 fully saturated rings. The summed E-state index contributed by atoms with van der Waals surface area (Å²) in [5, 5.41) is 22.7. The molecule has 0 bridgehead atoms. The highest BCUT2D eigenvalue weighted by Gasteiger charge is 2.48. The fourth-order valence-electron chi connectivity index (χ4n) is 4.91. The number of hydrogen-bond donors (Lipinski definition) is 3. The fraction of sp³-hybridized carbons (Fsp3) is 0.0667. The Morgan fingerprint density at radius 2 is 1.67 bits per heavy atom. The first kappa shape index (κ1) is 23.9. The van der Waals surface area contributed by atoms with Crippen LogP contribution in [0.2, 0.25) is 0 Å². The van der Waals surface area contributed by atoms with Crippen LogP contribution in [0.1, 0.15) is 27.5 Å². The molecular weight excluding hydrogens is 498 g/mol. The van der Waals surface area contributed by atoms with Gasteiger partial charge < -0.3 is 19.9 Å². The maximum atomic E-state index is 13.5. The number of ether oxygens (including phenoxy) is 1. The van der Waals surface area contributed by atoms with Crippen molar-refractivity contribution in [2.75, 3.05) is 12.0 Å². The number of anilines is 1. The number of hydrogen-bond acceptors (Lipinski definition) is 6. The quantitative estimate of drug-likeness (QED) is 0.168. The molecule has 1 aliphatic rings. The van der Waals surface area contributed by atoms with E-state index < -0.39 is 23.7 Å². The number of aromatic carboxylic acids is 1. The van der Waals surface area contributed by atoms with E-state index in [1.54, 1.807) is 36.4 Å². The first-order valence-electron chi connectivity index (χ1n) is 12.0. The van der Waals surface area contributed by atoms with E-state index >= 15 is 0 Å². The van der Waals surface area contributed by atoms with Crippen molar-refractivity contribution < 1.29 is 29.3 Å². The summed E-state index contributed by atoms with van der Waals surface area (Å²) in [5.41, 5.74) is 1.63. The Morgan fingerprint density at radius 1 is 0.897 bits per heavy atom. The van der Waals surface area contributed by atoms with E-state index in [0.29, 0.717) is 27.9 Å². The first-order valence-corrected chi connectivity index (χ1v) is 12.0. The number of carbonyl (C=O) groups excluding carboxylic acids is 2. The summed E-state index contributed by atoms with van der Waals surface area (Å²) in [6, 6.07) is 23.1. The molecule has 1 aromatic heterocycles. The molecule has 5 aromatic rings. The van der Waals surface area contributed by atoms with Gasteiger partial charge in [0.25, 0.3) is 5.78 Å². The minimum Gasteiger partial charge on any atom is -0.507 e. The number of nitrogens with zero attached hydrogens (tertiary/aromatic N) is 2. The normalized spacial score (nSPS) is 16.7. The zero-order valence-electron chi connectivity index (χ0n) is 20.6. The fourth-order valence-corrected chi connectivity index (χ4v) is 4.91. The van der Waals surface area contributed by atoms with Crippen molar-refractivity contribution in [3.05, 3.63) is 107 Å². The van der Waals surface area contributed by atoms with Crippen LogP contribution in [0.25, 0.3) is 27.6 Å². The van der Waals surface area contributed by atoms with E-state index in [2.05, 4.69) is 9.97 Å². The number of H-pyrrole nitrogens is 1. The maximum Gasteiger partial charge on any atom is 0.335 e. The SMILES string of the molecule is COc1cccc(C2/C(=C(\O)c3ccc4ccccc4c3)C(=O)C(=O)N2c2nc3ccc(C(=O)O)cc3[nH]2)c1. The van der Waals surface area contributed by atoms with Gasteiger partial charge in [-0.15, -0.1) is 0 Å². The molecule has 3 N–H and O–H groups in total. The van der Waals surface area contributed by atoms with Crippen LogP contribution in [0.4, 0.5) is 5.95 Å².